The number of oxime groups is 3. The van der Waals surface area contributed by atoms with Crippen LogP contribution >= 0.6 is 0 Å². The van der Waals surface area contributed by atoms with Gasteiger partial charge in [-0.05, 0) is 39.2 Å². The van der Waals surface area contributed by atoms with Crippen LogP contribution in [0.4, 0.5) is 0 Å². The lowest BCUT2D eigenvalue weighted by molar-refractivity contribution is 0.317. The second-order valence-corrected chi connectivity index (χ2v) is 4.46. The van der Waals surface area contributed by atoms with Crippen molar-refractivity contribution in [1.29, 1.82) is 0 Å². The summed E-state index contributed by atoms with van der Waals surface area (Å²) in [4.78, 5) is 0. The number of hydrogen-bond donors (Lipinski definition) is 3. The van der Waals surface area contributed by atoms with E-state index in [0.717, 1.165) is 52.7 Å². The third-order valence-corrected chi connectivity index (χ3v) is 3.14. The number of hydrogen-bond acceptors (Lipinski definition) is 6. The highest BCUT2D eigenvalue weighted by molar-refractivity contribution is 6.21. The maximum absolute atomic E-state index is 8.14. The van der Waals surface area contributed by atoms with Crippen molar-refractivity contribution in [2.75, 3.05) is 0 Å². The van der Waals surface area contributed by atoms with E-state index < -0.39 is 0 Å². The summed E-state index contributed by atoms with van der Waals surface area (Å²) in [5.41, 5.74) is 2.47. The summed E-state index contributed by atoms with van der Waals surface area (Å²) in [6.07, 6.45) is 2.55. The van der Waals surface area contributed by atoms with E-state index in [2.05, 4.69) is 15.5 Å². The summed E-state index contributed by atoms with van der Waals surface area (Å²) in [6.45, 7) is 9.43. The van der Waals surface area contributed by atoms with E-state index in [1.807, 2.05) is 20.8 Å². The lowest BCUT2D eigenvalue weighted by Gasteiger charge is -1.89. The first-order valence-corrected chi connectivity index (χ1v) is 7.93. The SMILES string of the molecule is CCC(C)=NO.CCC(C)=NO.CCC(C[SiH3])=NO. The van der Waals surface area contributed by atoms with Crippen LogP contribution in [0.1, 0.15) is 53.9 Å². The Labute approximate surface area is 119 Å². The van der Waals surface area contributed by atoms with Crippen LogP contribution in [-0.4, -0.2) is 43.0 Å². The lowest BCUT2D eigenvalue weighted by atomic mass is 10.3. The van der Waals surface area contributed by atoms with Gasteiger partial charge in [0.05, 0.1) is 17.1 Å². The molecule has 6 nitrogen and oxygen atoms in total. The zero-order valence-electron chi connectivity index (χ0n) is 13.0. The summed E-state index contributed by atoms with van der Waals surface area (Å²) in [5, 5.41) is 32.9. The topological polar surface area (TPSA) is 97.8 Å². The molecule has 0 aromatic heterocycles. The molecule has 0 saturated heterocycles. The molecule has 19 heavy (non-hydrogen) atoms. The Morgan fingerprint density at radius 1 is 0.789 bits per heavy atom. The maximum atomic E-state index is 8.14. The lowest BCUT2D eigenvalue weighted by Crippen LogP contribution is -1.92. The molecule has 7 heteroatoms. The molecule has 0 radical (unpaired) electrons. The van der Waals surface area contributed by atoms with E-state index in [9.17, 15) is 0 Å². The van der Waals surface area contributed by atoms with Gasteiger partial charge >= 0.3 is 0 Å². The van der Waals surface area contributed by atoms with E-state index in [1.54, 1.807) is 13.8 Å². The minimum atomic E-state index is 0.773. The molecule has 0 spiro atoms. The fraction of sp³-hybridized carbons (Fsp3) is 0.750. The molecule has 0 fully saturated rings. The fourth-order valence-electron chi connectivity index (χ4n) is 0.533. The van der Waals surface area contributed by atoms with Crippen LogP contribution in [0.15, 0.2) is 15.5 Å². The van der Waals surface area contributed by atoms with Crippen LogP contribution < -0.4 is 0 Å². The van der Waals surface area contributed by atoms with Crippen molar-refractivity contribution < 1.29 is 15.6 Å². The Morgan fingerprint density at radius 3 is 1.16 bits per heavy atom. The van der Waals surface area contributed by atoms with Gasteiger partial charge in [-0.2, -0.15) is 0 Å². The third-order valence-electron chi connectivity index (χ3n) is 2.32. The Morgan fingerprint density at radius 2 is 1.16 bits per heavy atom. The molecular weight excluding hydrogens is 262 g/mol. The summed E-state index contributed by atoms with van der Waals surface area (Å²) in [7, 11) is 1.10. The highest BCUT2D eigenvalue weighted by Crippen LogP contribution is 1.86. The van der Waals surface area contributed by atoms with Crippen molar-refractivity contribution in [1.82, 2.24) is 0 Å². The molecule has 0 bridgehead atoms. The van der Waals surface area contributed by atoms with Crippen LogP contribution in [0.25, 0.3) is 0 Å². The average molecular weight is 291 g/mol. The van der Waals surface area contributed by atoms with E-state index in [4.69, 9.17) is 15.6 Å². The summed E-state index contributed by atoms with van der Waals surface area (Å²) in [6, 6.07) is 0.993. The molecule has 0 aliphatic heterocycles. The van der Waals surface area contributed by atoms with Crippen molar-refractivity contribution in [3.8, 4) is 0 Å². The molecule has 0 heterocycles. The first-order valence-electron chi connectivity index (χ1n) is 6.51. The zero-order valence-corrected chi connectivity index (χ0v) is 15.0. The van der Waals surface area contributed by atoms with Gasteiger partial charge in [0, 0.05) is 10.2 Å². The molecule has 0 amide bonds. The summed E-state index contributed by atoms with van der Waals surface area (Å²) < 4.78 is 0. The van der Waals surface area contributed by atoms with Gasteiger partial charge in [0.25, 0.3) is 0 Å². The second-order valence-electron chi connectivity index (χ2n) is 3.75. The predicted octanol–water partition coefficient (Wildman–Crippen LogP) is 2.50. The zero-order chi connectivity index (χ0) is 15.7. The Kier molecular flexibility index (Phi) is 22.8. The second kappa shape index (κ2) is 19.0. The molecule has 0 rings (SSSR count). The Balaban J connectivity index is -0.000000203. The minimum absolute atomic E-state index is 0.773. The average Bonchev–Trinajstić information content (AvgIpc) is 2.48. The van der Waals surface area contributed by atoms with Gasteiger partial charge in [-0.3, -0.25) is 0 Å². The van der Waals surface area contributed by atoms with Crippen LogP contribution in [0.5, 0.6) is 0 Å². The molecular formula is C12H29N3O3Si. The van der Waals surface area contributed by atoms with Crippen molar-refractivity contribution in [3.05, 3.63) is 0 Å². The maximum Gasteiger partial charge on any atom is 0.0537 e. The highest BCUT2D eigenvalue weighted by atomic mass is 28.1. The Bertz CT molecular complexity index is 255. The molecule has 114 valence electrons. The van der Waals surface area contributed by atoms with Crippen molar-refractivity contribution in [3.63, 3.8) is 0 Å². The fourth-order valence-corrected chi connectivity index (χ4v) is 1.17. The largest absolute Gasteiger partial charge is 0.411 e. The smallest absolute Gasteiger partial charge is 0.0537 e. The molecule has 0 aromatic rings. The van der Waals surface area contributed by atoms with Crippen LogP contribution in [0.2, 0.25) is 6.04 Å². The number of rotatable bonds is 4. The van der Waals surface area contributed by atoms with Gasteiger partial charge in [-0.25, -0.2) is 0 Å². The van der Waals surface area contributed by atoms with Gasteiger partial charge in [0.2, 0.25) is 0 Å². The van der Waals surface area contributed by atoms with Crippen molar-refractivity contribution >= 4 is 27.4 Å². The summed E-state index contributed by atoms with van der Waals surface area (Å²) >= 11 is 0. The molecule has 0 unspecified atom stereocenters. The predicted molar refractivity (Wildman–Crippen MR) is 84.6 cm³/mol. The van der Waals surface area contributed by atoms with Crippen LogP contribution in [0.3, 0.4) is 0 Å². The molecule has 0 aliphatic carbocycles. The quantitative estimate of drug-likeness (QED) is 0.321. The minimum Gasteiger partial charge on any atom is -0.411 e. The van der Waals surface area contributed by atoms with Crippen LogP contribution in [0, 0.1) is 0 Å². The van der Waals surface area contributed by atoms with Gasteiger partial charge in [-0.1, -0.05) is 36.2 Å². The van der Waals surface area contributed by atoms with Gasteiger partial charge in [0.1, 0.15) is 0 Å². The van der Waals surface area contributed by atoms with E-state index in [0.29, 0.717) is 0 Å². The normalized spacial score (nSPS) is 12.2. The van der Waals surface area contributed by atoms with Crippen molar-refractivity contribution in [2.45, 2.75) is 59.9 Å². The van der Waals surface area contributed by atoms with Gasteiger partial charge in [0.15, 0.2) is 0 Å². The number of nitrogens with zero attached hydrogens (tertiary/aromatic N) is 3. The van der Waals surface area contributed by atoms with E-state index in [1.165, 1.54) is 0 Å². The van der Waals surface area contributed by atoms with Gasteiger partial charge in [-0.15, -0.1) is 0 Å². The summed E-state index contributed by atoms with van der Waals surface area (Å²) in [5.74, 6) is 0. The first-order chi connectivity index (χ1) is 8.96. The van der Waals surface area contributed by atoms with E-state index in [-0.39, 0.29) is 0 Å². The Hall–Kier alpha value is -1.37. The van der Waals surface area contributed by atoms with Gasteiger partial charge < -0.3 is 15.6 Å². The molecule has 0 atom stereocenters. The molecule has 0 aliphatic rings. The molecule has 0 aromatic carbocycles. The third kappa shape index (κ3) is 22.3. The van der Waals surface area contributed by atoms with E-state index >= 15 is 0 Å². The molecule has 0 saturated carbocycles. The first kappa shape index (κ1) is 22.8. The van der Waals surface area contributed by atoms with Crippen LogP contribution in [-0.2, 0) is 0 Å². The van der Waals surface area contributed by atoms with Crippen molar-refractivity contribution in [2.24, 2.45) is 15.5 Å². The highest BCUT2D eigenvalue weighted by Gasteiger charge is 1.87. The molecule has 3 N–H and O–H groups in total. The monoisotopic (exact) mass is 291 g/mol. The standard InChI is InChI=1S/C4H11NOSi.2C4H9NO/c1-2-4(3-7)5-6;2*1-3-4(2)5-6/h6H,2-3H2,1,7H3;2*6H,3H2,1-2H3.